The summed E-state index contributed by atoms with van der Waals surface area (Å²) in [4.78, 5) is 17.7. The van der Waals surface area contributed by atoms with Crippen LogP contribution in [0.2, 0.25) is 0 Å². The summed E-state index contributed by atoms with van der Waals surface area (Å²) in [7, 11) is 0. The van der Waals surface area contributed by atoms with Gasteiger partial charge < -0.3 is 9.64 Å². The predicted molar refractivity (Wildman–Crippen MR) is 64.5 cm³/mol. The fourth-order valence-electron chi connectivity index (χ4n) is 1.80. The molecule has 1 saturated heterocycles. The Morgan fingerprint density at radius 3 is 3.18 bits per heavy atom. The summed E-state index contributed by atoms with van der Waals surface area (Å²) in [5.74, 6) is 0.0408. The van der Waals surface area contributed by atoms with Crippen LogP contribution < -0.4 is 0 Å². The highest BCUT2D eigenvalue weighted by atomic mass is 16.5. The molecule has 0 spiro atoms. The lowest BCUT2D eigenvalue weighted by atomic mass is 10.2. The van der Waals surface area contributed by atoms with Crippen LogP contribution in [-0.2, 0) is 16.0 Å². The van der Waals surface area contributed by atoms with Gasteiger partial charge in [0.1, 0.15) is 6.61 Å². The van der Waals surface area contributed by atoms with E-state index in [9.17, 15) is 4.79 Å². The SMILES string of the molecule is C=CC1CN(CCc2ccccn2)C(=O)CO1. The van der Waals surface area contributed by atoms with Gasteiger partial charge >= 0.3 is 0 Å². The lowest BCUT2D eigenvalue weighted by Gasteiger charge is -2.31. The summed E-state index contributed by atoms with van der Waals surface area (Å²) in [5, 5.41) is 0. The van der Waals surface area contributed by atoms with Gasteiger partial charge in [-0.2, -0.15) is 0 Å². The van der Waals surface area contributed by atoms with E-state index in [1.807, 2.05) is 23.1 Å². The molecule has 0 aromatic carbocycles. The molecule has 17 heavy (non-hydrogen) atoms. The molecule has 0 radical (unpaired) electrons. The molecular weight excluding hydrogens is 216 g/mol. The minimum Gasteiger partial charge on any atom is -0.362 e. The zero-order chi connectivity index (χ0) is 12.1. The standard InChI is InChI=1S/C13H16N2O2/c1-2-12-9-15(13(16)10-17-12)8-6-11-5-3-4-7-14-11/h2-5,7,12H,1,6,8-10H2. The van der Waals surface area contributed by atoms with Crippen LogP contribution in [0.4, 0.5) is 0 Å². The molecule has 0 aliphatic carbocycles. The number of hydrogen-bond acceptors (Lipinski definition) is 3. The summed E-state index contributed by atoms with van der Waals surface area (Å²) in [6.45, 7) is 5.12. The molecule has 4 heteroatoms. The number of nitrogens with zero attached hydrogens (tertiary/aromatic N) is 2. The van der Waals surface area contributed by atoms with Crippen molar-refractivity contribution in [3.8, 4) is 0 Å². The van der Waals surface area contributed by atoms with E-state index in [4.69, 9.17) is 4.74 Å². The molecule has 90 valence electrons. The first-order chi connectivity index (χ1) is 8.29. The number of ether oxygens (including phenoxy) is 1. The van der Waals surface area contributed by atoms with Crippen LogP contribution in [0.1, 0.15) is 5.69 Å². The number of morpholine rings is 1. The third-order valence-corrected chi connectivity index (χ3v) is 2.80. The summed E-state index contributed by atoms with van der Waals surface area (Å²) in [6, 6.07) is 5.81. The molecule has 1 fully saturated rings. The summed E-state index contributed by atoms with van der Waals surface area (Å²) < 4.78 is 5.30. The van der Waals surface area contributed by atoms with Crippen molar-refractivity contribution in [1.82, 2.24) is 9.88 Å². The smallest absolute Gasteiger partial charge is 0.248 e. The minimum absolute atomic E-state index is 0.0408. The number of pyridine rings is 1. The highest BCUT2D eigenvalue weighted by Gasteiger charge is 2.23. The Morgan fingerprint density at radius 2 is 2.47 bits per heavy atom. The van der Waals surface area contributed by atoms with Gasteiger partial charge in [0.25, 0.3) is 0 Å². The molecule has 2 heterocycles. The third kappa shape index (κ3) is 3.14. The van der Waals surface area contributed by atoms with E-state index in [0.717, 1.165) is 12.1 Å². The van der Waals surface area contributed by atoms with Gasteiger partial charge in [-0.3, -0.25) is 9.78 Å². The lowest BCUT2D eigenvalue weighted by Crippen LogP contribution is -2.46. The number of aromatic nitrogens is 1. The van der Waals surface area contributed by atoms with Crippen molar-refractivity contribution in [2.24, 2.45) is 0 Å². The Hall–Kier alpha value is -1.68. The number of carbonyl (C=O) groups excluding carboxylic acids is 1. The van der Waals surface area contributed by atoms with Crippen LogP contribution in [0.15, 0.2) is 37.1 Å². The van der Waals surface area contributed by atoms with E-state index < -0.39 is 0 Å². The Kier molecular flexibility index (Phi) is 3.88. The molecular formula is C13H16N2O2. The maximum absolute atomic E-state index is 11.6. The van der Waals surface area contributed by atoms with Crippen molar-refractivity contribution in [2.45, 2.75) is 12.5 Å². The van der Waals surface area contributed by atoms with Crippen LogP contribution in [0, 0.1) is 0 Å². The van der Waals surface area contributed by atoms with Gasteiger partial charge in [-0.1, -0.05) is 12.1 Å². The molecule has 1 aliphatic rings. The minimum atomic E-state index is -0.0450. The molecule has 0 saturated carbocycles. The zero-order valence-electron chi connectivity index (χ0n) is 9.71. The van der Waals surface area contributed by atoms with E-state index in [1.165, 1.54) is 0 Å². The fraction of sp³-hybridized carbons (Fsp3) is 0.385. The van der Waals surface area contributed by atoms with Gasteiger partial charge in [0.15, 0.2) is 0 Å². The molecule has 0 N–H and O–H groups in total. The highest BCUT2D eigenvalue weighted by molar-refractivity contribution is 5.78. The number of rotatable bonds is 4. The van der Waals surface area contributed by atoms with Crippen molar-refractivity contribution < 1.29 is 9.53 Å². The van der Waals surface area contributed by atoms with Crippen molar-refractivity contribution in [1.29, 1.82) is 0 Å². The fourth-order valence-corrected chi connectivity index (χ4v) is 1.80. The quantitative estimate of drug-likeness (QED) is 0.728. The van der Waals surface area contributed by atoms with Gasteiger partial charge in [0.05, 0.1) is 12.6 Å². The van der Waals surface area contributed by atoms with Gasteiger partial charge in [0, 0.05) is 24.9 Å². The van der Waals surface area contributed by atoms with E-state index in [0.29, 0.717) is 13.1 Å². The van der Waals surface area contributed by atoms with E-state index in [-0.39, 0.29) is 18.6 Å². The van der Waals surface area contributed by atoms with E-state index in [1.54, 1.807) is 12.3 Å². The second-order valence-corrected chi connectivity index (χ2v) is 4.00. The normalized spacial score (nSPS) is 20.4. The second-order valence-electron chi connectivity index (χ2n) is 4.00. The molecule has 0 bridgehead atoms. The van der Waals surface area contributed by atoms with E-state index in [2.05, 4.69) is 11.6 Å². The van der Waals surface area contributed by atoms with Gasteiger partial charge in [-0.05, 0) is 12.1 Å². The number of hydrogen-bond donors (Lipinski definition) is 0. The highest BCUT2D eigenvalue weighted by Crippen LogP contribution is 2.08. The van der Waals surface area contributed by atoms with Crippen LogP contribution in [-0.4, -0.2) is 41.6 Å². The predicted octanol–water partition coefficient (Wildman–Crippen LogP) is 1.04. The van der Waals surface area contributed by atoms with Crippen LogP contribution >= 0.6 is 0 Å². The molecule has 1 unspecified atom stereocenters. The van der Waals surface area contributed by atoms with Crippen molar-refractivity contribution in [3.05, 3.63) is 42.7 Å². The first-order valence-electron chi connectivity index (χ1n) is 5.71. The van der Waals surface area contributed by atoms with Gasteiger partial charge in [0.2, 0.25) is 5.91 Å². The molecule has 4 nitrogen and oxygen atoms in total. The summed E-state index contributed by atoms with van der Waals surface area (Å²) in [6.07, 6.45) is 4.23. The Morgan fingerprint density at radius 1 is 1.59 bits per heavy atom. The van der Waals surface area contributed by atoms with E-state index >= 15 is 0 Å². The Bertz CT molecular complexity index is 392. The Balaban J connectivity index is 1.89. The summed E-state index contributed by atoms with van der Waals surface area (Å²) in [5.41, 5.74) is 1.00. The first kappa shape index (κ1) is 11.8. The first-order valence-corrected chi connectivity index (χ1v) is 5.71. The topological polar surface area (TPSA) is 42.4 Å². The van der Waals surface area contributed by atoms with Crippen LogP contribution in [0.5, 0.6) is 0 Å². The number of amides is 1. The summed E-state index contributed by atoms with van der Waals surface area (Å²) >= 11 is 0. The van der Waals surface area contributed by atoms with Crippen LogP contribution in [0.3, 0.4) is 0 Å². The molecule has 1 amide bonds. The molecule has 2 rings (SSSR count). The molecule has 1 atom stereocenters. The monoisotopic (exact) mass is 232 g/mol. The largest absolute Gasteiger partial charge is 0.362 e. The Labute approximate surface area is 101 Å². The lowest BCUT2D eigenvalue weighted by molar-refractivity contribution is -0.146. The van der Waals surface area contributed by atoms with Crippen molar-refractivity contribution in [2.75, 3.05) is 19.7 Å². The second kappa shape index (κ2) is 5.59. The van der Waals surface area contributed by atoms with Crippen LogP contribution in [0.25, 0.3) is 0 Å². The maximum Gasteiger partial charge on any atom is 0.248 e. The maximum atomic E-state index is 11.6. The molecule has 1 aromatic heterocycles. The zero-order valence-corrected chi connectivity index (χ0v) is 9.71. The van der Waals surface area contributed by atoms with Gasteiger partial charge in [-0.25, -0.2) is 0 Å². The number of carbonyl (C=O) groups is 1. The molecule has 1 aromatic rings. The average Bonchev–Trinajstić information content (AvgIpc) is 2.39. The van der Waals surface area contributed by atoms with Crippen molar-refractivity contribution >= 4 is 5.91 Å². The molecule has 1 aliphatic heterocycles. The van der Waals surface area contributed by atoms with Crippen molar-refractivity contribution in [3.63, 3.8) is 0 Å². The third-order valence-electron chi connectivity index (χ3n) is 2.80. The van der Waals surface area contributed by atoms with Gasteiger partial charge in [-0.15, -0.1) is 6.58 Å². The average molecular weight is 232 g/mol.